The van der Waals surface area contributed by atoms with E-state index in [9.17, 15) is 10.1 Å². The van der Waals surface area contributed by atoms with Crippen LogP contribution in [0.5, 0.6) is 11.5 Å². The Labute approximate surface area is 179 Å². The molecule has 0 bridgehead atoms. The summed E-state index contributed by atoms with van der Waals surface area (Å²) >= 11 is 3.44. The Kier molecular flexibility index (Phi) is 8.56. The fourth-order valence-electron chi connectivity index (χ4n) is 2.71. The zero-order chi connectivity index (χ0) is 21.2. The topological polar surface area (TPSA) is 83.4 Å². The average molecular weight is 458 g/mol. The molecule has 29 heavy (non-hydrogen) atoms. The molecule has 0 saturated heterocycles. The lowest BCUT2D eigenvalue weighted by molar-refractivity contribution is -0.117. The number of rotatable bonds is 9. The van der Waals surface area contributed by atoms with Gasteiger partial charge in [-0.2, -0.15) is 5.26 Å². The predicted octanol–water partition coefficient (Wildman–Crippen LogP) is 3.88. The van der Waals surface area contributed by atoms with Gasteiger partial charge in [0.25, 0.3) is 5.91 Å². The molecule has 0 fully saturated rings. The number of hydrogen-bond acceptors (Lipinski definition) is 5. The summed E-state index contributed by atoms with van der Waals surface area (Å²) in [5, 5.41) is 15.2. The summed E-state index contributed by atoms with van der Waals surface area (Å²) in [7, 11) is 3.12. The van der Waals surface area contributed by atoms with Crippen molar-refractivity contribution in [3.8, 4) is 17.6 Å². The zero-order valence-corrected chi connectivity index (χ0v) is 18.2. The molecular weight excluding hydrogens is 434 g/mol. The van der Waals surface area contributed by atoms with E-state index in [-0.39, 0.29) is 11.6 Å². The molecule has 2 aromatic carbocycles. The number of halogens is 1. The first-order valence-corrected chi connectivity index (χ1v) is 9.88. The van der Waals surface area contributed by atoms with Crippen LogP contribution in [0.4, 0.5) is 0 Å². The van der Waals surface area contributed by atoms with Crippen LogP contribution in [0.1, 0.15) is 24.1 Å². The molecule has 0 aliphatic heterocycles. The second-order valence-corrected chi connectivity index (χ2v) is 7.23. The minimum Gasteiger partial charge on any atom is -0.493 e. The van der Waals surface area contributed by atoms with Gasteiger partial charge in [0.2, 0.25) is 0 Å². The third kappa shape index (κ3) is 6.54. The van der Waals surface area contributed by atoms with E-state index >= 15 is 0 Å². The van der Waals surface area contributed by atoms with Crippen molar-refractivity contribution in [1.82, 2.24) is 10.6 Å². The molecule has 0 spiro atoms. The Balaban J connectivity index is 1.94. The lowest BCUT2D eigenvalue weighted by atomic mass is 10.1. The van der Waals surface area contributed by atoms with Gasteiger partial charge in [-0.3, -0.25) is 4.79 Å². The van der Waals surface area contributed by atoms with Crippen molar-refractivity contribution in [2.45, 2.75) is 19.4 Å². The van der Waals surface area contributed by atoms with Gasteiger partial charge in [0.05, 0.1) is 20.3 Å². The second-order valence-electron chi connectivity index (χ2n) is 6.31. The van der Waals surface area contributed by atoms with Gasteiger partial charge >= 0.3 is 0 Å². The first-order valence-electron chi connectivity index (χ1n) is 9.09. The van der Waals surface area contributed by atoms with Gasteiger partial charge in [-0.15, -0.1) is 0 Å². The van der Waals surface area contributed by atoms with Crippen molar-refractivity contribution in [2.24, 2.45) is 0 Å². The van der Waals surface area contributed by atoms with Crippen molar-refractivity contribution >= 4 is 21.8 Å². The number of benzene rings is 2. The van der Waals surface area contributed by atoms with Crippen LogP contribution in [-0.4, -0.2) is 26.7 Å². The largest absolute Gasteiger partial charge is 0.493 e. The smallest absolute Gasteiger partial charge is 0.263 e. The maximum Gasteiger partial charge on any atom is 0.263 e. The standard InChI is InChI=1S/C22H24BrN3O3/c1-15(17-7-8-20(28-2)21(12-17)29-3)26-22(27)18(13-24)14-25-10-9-16-5-4-6-19(23)11-16/h4-8,11-12,14-15,25H,9-10H2,1-3H3,(H,26,27)/b18-14-. The van der Waals surface area contributed by atoms with Crippen molar-refractivity contribution in [3.05, 3.63) is 69.8 Å². The van der Waals surface area contributed by atoms with Crippen LogP contribution in [0.15, 0.2) is 58.7 Å². The van der Waals surface area contributed by atoms with Crippen LogP contribution in [0.25, 0.3) is 0 Å². The summed E-state index contributed by atoms with van der Waals surface area (Å²) in [6, 6.07) is 15.1. The molecule has 1 atom stereocenters. The number of nitrogens with zero attached hydrogens (tertiary/aromatic N) is 1. The van der Waals surface area contributed by atoms with E-state index < -0.39 is 5.91 Å². The molecule has 2 aromatic rings. The number of amides is 1. The lowest BCUT2D eigenvalue weighted by Gasteiger charge is -2.16. The van der Waals surface area contributed by atoms with E-state index in [1.54, 1.807) is 26.4 Å². The van der Waals surface area contributed by atoms with E-state index in [1.165, 1.54) is 6.20 Å². The Morgan fingerprint density at radius 1 is 1.21 bits per heavy atom. The minimum absolute atomic E-state index is 0.0200. The summed E-state index contributed by atoms with van der Waals surface area (Å²) in [5.41, 5.74) is 2.02. The van der Waals surface area contributed by atoms with Crippen LogP contribution < -0.4 is 20.1 Å². The van der Waals surface area contributed by atoms with Crippen molar-refractivity contribution < 1.29 is 14.3 Å². The molecule has 152 valence electrons. The fourth-order valence-corrected chi connectivity index (χ4v) is 3.16. The number of carbonyl (C=O) groups excluding carboxylic acids is 1. The van der Waals surface area contributed by atoms with E-state index in [1.807, 2.05) is 43.3 Å². The summed E-state index contributed by atoms with van der Waals surface area (Å²) in [5.74, 6) is 0.753. The number of methoxy groups -OCH3 is 2. The highest BCUT2D eigenvalue weighted by Crippen LogP contribution is 2.29. The van der Waals surface area contributed by atoms with Gasteiger partial charge < -0.3 is 20.1 Å². The van der Waals surface area contributed by atoms with E-state index in [2.05, 4.69) is 26.6 Å². The molecule has 0 aromatic heterocycles. The highest BCUT2D eigenvalue weighted by Gasteiger charge is 2.15. The Morgan fingerprint density at radius 2 is 1.97 bits per heavy atom. The Bertz CT molecular complexity index is 922. The number of nitrogens with one attached hydrogen (secondary N) is 2. The molecule has 0 heterocycles. The molecule has 0 saturated carbocycles. The monoisotopic (exact) mass is 457 g/mol. The molecule has 2 N–H and O–H groups in total. The third-order valence-corrected chi connectivity index (χ3v) is 4.81. The fraction of sp³-hybridized carbons (Fsp3) is 0.273. The van der Waals surface area contributed by atoms with Crippen LogP contribution in [0.2, 0.25) is 0 Å². The normalized spacial score (nSPS) is 11.9. The second kappa shape index (κ2) is 11.1. The Hall–Kier alpha value is -2.98. The summed E-state index contributed by atoms with van der Waals surface area (Å²) in [6.45, 7) is 2.45. The summed E-state index contributed by atoms with van der Waals surface area (Å²) in [4.78, 5) is 12.4. The lowest BCUT2D eigenvalue weighted by Crippen LogP contribution is -2.28. The molecule has 2 rings (SSSR count). The Morgan fingerprint density at radius 3 is 2.62 bits per heavy atom. The minimum atomic E-state index is -0.440. The van der Waals surface area contributed by atoms with Crippen LogP contribution >= 0.6 is 15.9 Å². The van der Waals surface area contributed by atoms with Gasteiger partial charge in [0.15, 0.2) is 11.5 Å². The van der Waals surface area contributed by atoms with Crippen molar-refractivity contribution in [1.29, 1.82) is 5.26 Å². The average Bonchev–Trinajstić information content (AvgIpc) is 2.73. The summed E-state index contributed by atoms with van der Waals surface area (Å²) in [6.07, 6.45) is 2.23. The number of ether oxygens (including phenoxy) is 2. The van der Waals surface area contributed by atoms with Crippen LogP contribution in [0.3, 0.4) is 0 Å². The molecular formula is C22H24BrN3O3. The molecule has 1 amide bonds. The van der Waals surface area contributed by atoms with Crippen molar-refractivity contribution in [3.63, 3.8) is 0 Å². The van der Waals surface area contributed by atoms with Gasteiger partial charge in [0, 0.05) is 17.2 Å². The molecule has 0 aliphatic carbocycles. The molecule has 6 nitrogen and oxygen atoms in total. The number of carbonyl (C=O) groups is 1. The molecule has 0 radical (unpaired) electrons. The van der Waals surface area contributed by atoms with Crippen LogP contribution in [-0.2, 0) is 11.2 Å². The first kappa shape index (κ1) is 22.3. The van der Waals surface area contributed by atoms with Crippen LogP contribution in [0, 0.1) is 11.3 Å². The molecule has 7 heteroatoms. The van der Waals surface area contributed by atoms with Gasteiger partial charge in [0.1, 0.15) is 11.6 Å². The number of nitriles is 1. The quantitative estimate of drug-likeness (QED) is 0.339. The zero-order valence-electron chi connectivity index (χ0n) is 16.7. The maximum atomic E-state index is 12.4. The van der Waals surface area contributed by atoms with Gasteiger partial charge in [-0.1, -0.05) is 34.1 Å². The van der Waals surface area contributed by atoms with Gasteiger partial charge in [-0.25, -0.2) is 0 Å². The molecule has 1 unspecified atom stereocenters. The molecule has 0 aliphatic rings. The predicted molar refractivity (Wildman–Crippen MR) is 116 cm³/mol. The van der Waals surface area contributed by atoms with E-state index in [4.69, 9.17) is 9.47 Å². The first-order chi connectivity index (χ1) is 14.0. The van der Waals surface area contributed by atoms with E-state index in [0.29, 0.717) is 18.0 Å². The highest BCUT2D eigenvalue weighted by atomic mass is 79.9. The summed E-state index contributed by atoms with van der Waals surface area (Å²) < 4.78 is 11.5. The maximum absolute atomic E-state index is 12.4. The number of hydrogen-bond donors (Lipinski definition) is 2. The van der Waals surface area contributed by atoms with Crippen molar-refractivity contribution in [2.75, 3.05) is 20.8 Å². The highest BCUT2D eigenvalue weighted by molar-refractivity contribution is 9.10. The SMILES string of the molecule is COc1ccc(C(C)NC(=O)/C(C#N)=C\NCCc2cccc(Br)c2)cc1OC. The van der Waals surface area contributed by atoms with Gasteiger partial charge in [-0.05, 0) is 48.7 Å². The van der Waals surface area contributed by atoms with E-state index in [0.717, 1.165) is 22.0 Å². The third-order valence-electron chi connectivity index (χ3n) is 4.31.